The van der Waals surface area contributed by atoms with E-state index in [2.05, 4.69) is 21.7 Å². The first kappa shape index (κ1) is 14.8. The van der Waals surface area contributed by atoms with Gasteiger partial charge in [0.25, 0.3) is 5.91 Å². The van der Waals surface area contributed by atoms with Crippen molar-refractivity contribution < 1.29 is 4.79 Å². The van der Waals surface area contributed by atoms with E-state index in [4.69, 9.17) is 16.9 Å². The van der Waals surface area contributed by atoms with E-state index >= 15 is 0 Å². The van der Waals surface area contributed by atoms with Gasteiger partial charge in [-0.05, 0) is 29.8 Å². The van der Waals surface area contributed by atoms with Crippen LogP contribution in [0.3, 0.4) is 0 Å². The van der Waals surface area contributed by atoms with E-state index in [1.54, 1.807) is 37.4 Å². The van der Waals surface area contributed by atoms with Gasteiger partial charge in [0.05, 0.1) is 12.5 Å². The lowest BCUT2D eigenvalue weighted by molar-refractivity contribution is 0.102. The largest absolute Gasteiger partial charge is 0.373 e. The van der Waals surface area contributed by atoms with Crippen LogP contribution in [-0.4, -0.2) is 17.9 Å². The van der Waals surface area contributed by atoms with Gasteiger partial charge >= 0.3 is 0 Å². The Morgan fingerprint density at radius 2 is 2.05 bits per heavy atom. The molecular formula is C15H13ClN4O. The molecule has 1 amide bonds. The number of anilines is 2. The molecule has 0 radical (unpaired) electrons. The van der Waals surface area contributed by atoms with Crippen molar-refractivity contribution in [1.82, 2.24) is 4.98 Å². The maximum atomic E-state index is 12.2. The summed E-state index contributed by atoms with van der Waals surface area (Å²) in [5.74, 6) is 0.251. The quantitative estimate of drug-likeness (QED) is 0.851. The SMILES string of the molecule is CNc1cc(C(=O)Nc2ccc(CC#N)cc2)cc(Cl)n1. The Morgan fingerprint density at radius 3 is 2.67 bits per heavy atom. The molecule has 0 bridgehead atoms. The number of benzene rings is 1. The van der Waals surface area contributed by atoms with E-state index < -0.39 is 0 Å². The van der Waals surface area contributed by atoms with Gasteiger partial charge in [-0.3, -0.25) is 4.79 Å². The molecule has 0 aliphatic rings. The Bertz CT molecular complexity index is 692. The number of rotatable bonds is 4. The molecule has 2 N–H and O–H groups in total. The van der Waals surface area contributed by atoms with Gasteiger partial charge in [0.2, 0.25) is 0 Å². The number of halogens is 1. The summed E-state index contributed by atoms with van der Waals surface area (Å²) in [5.41, 5.74) is 1.97. The highest BCUT2D eigenvalue weighted by atomic mass is 35.5. The van der Waals surface area contributed by atoms with Crippen molar-refractivity contribution in [2.45, 2.75) is 6.42 Å². The Kier molecular flexibility index (Phi) is 4.75. The van der Waals surface area contributed by atoms with Crippen LogP contribution in [-0.2, 0) is 6.42 Å². The third-order valence-electron chi connectivity index (χ3n) is 2.81. The van der Waals surface area contributed by atoms with Crippen LogP contribution in [0.5, 0.6) is 0 Å². The Balaban J connectivity index is 2.14. The summed E-state index contributed by atoms with van der Waals surface area (Å²) in [6.07, 6.45) is 0.347. The average Bonchev–Trinajstić information content (AvgIpc) is 2.48. The lowest BCUT2D eigenvalue weighted by atomic mass is 10.1. The molecule has 2 rings (SSSR count). The molecule has 1 heterocycles. The molecule has 0 atom stereocenters. The molecule has 2 aromatic rings. The van der Waals surface area contributed by atoms with Crippen LogP contribution in [0.25, 0.3) is 0 Å². The molecule has 0 spiro atoms. The van der Waals surface area contributed by atoms with Gasteiger partial charge in [0.15, 0.2) is 0 Å². The molecule has 21 heavy (non-hydrogen) atoms. The Labute approximate surface area is 127 Å². The summed E-state index contributed by atoms with van der Waals surface area (Å²) < 4.78 is 0. The van der Waals surface area contributed by atoms with Crippen LogP contribution in [0.4, 0.5) is 11.5 Å². The van der Waals surface area contributed by atoms with Crippen molar-refractivity contribution in [3.8, 4) is 6.07 Å². The third kappa shape index (κ3) is 3.94. The van der Waals surface area contributed by atoms with Crippen LogP contribution >= 0.6 is 11.6 Å². The number of pyridine rings is 1. The number of nitriles is 1. The topological polar surface area (TPSA) is 77.8 Å². The van der Waals surface area contributed by atoms with E-state index in [0.717, 1.165) is 5.56 Å². The fourth-order valence-electron chi connectivity index (χ4n) is 1.76. The Morgan fingerprint density at radius 1 is 1.33 bits per heavy atom. The number of nitrogens with zero attached hydrogens (tertiary/aromatic N) is 2. The molecule has 6 heteroatoms. The average molecular weight is 301 g/mol. The minimum Gasteiger partial charge on any atom is -0.373 e. The van der Waals surface area contributed by atoms with Crippen molar-refractivity contribution in [2.75, 3.05) is 17.7 Å². The molecule has 0 saturated carbocycles. The number of amides is 1. The monoisotopic (exact) mass is 300 g/mol. The molecule has 106 valence electrons. The van der Waals surface area contributed by atoms with Crippen molar-refractivity contribution in [1.29, 1.82) is 5.26 Å². The number of hydrogen-bond donors (Lipinski definition) is 2. The Hall–Kier alpha value is -2.58. The second-order valence-electron chi connectivity index (χ2n) is 4.30. The molecule has 0 unspecified atom stereocenters. The minimum absolute atomic E-state index is 0.247. The van der Waals surface area contributed by atoms with Gasteiger partial charge in [-0.1, -0.05) is 23.7 Å². The summed E-state index contributed by atoms with van der Waals surface area (Å²) in [7, 11) is 1.70. The van der Waals surface area contributed by atoms with Gasteiger partial charge in [-0.15, -0.1) is 0 Å². The summed E-state index contributed by atoms with van der Waals surface area (Å²) in [5, 5.41) is 14.5. The molecule has 1 aromatic carbocycles. The van der Waals surface area contributed by atoms with E-state index in [1.165, 1.54) is 6.07 Å². The predicted molar refractivity (Wildman–Crippen MR) is 82.5 cm³/mol. The van der Waals surface area contributed by atoms with Gasteiger partial charge < -0.3 is 10.6 Å². The fraction of sp³-hybridized carbons (Fsp3) is 0.133. The number of carbonyl (C=O) groups excluding carboxylic acids is 1. The summed E-state index contributed by atoms with van der Waals surface area (Å²) >= 11 is 5.87. The molecule has 0 aliphatic heterocycles. The highest BCUT2D eigenvalue weighted by Crippen LogP contribution is 2.16. The molecular weight excluding hydrogens is 288 g/mol. The summed E-state index contributed by atoms with van der Waals surface area (Å²) in [4.78, 5) is 16.2. The highest BCUT2D eigenvalue weighted by molar-refractivity contribution is 6.30. The van der Waals surface area contributed by atoms with E-state index in [9.17, 15) is 4.79 Å². The second kappa shape index (κ2) is 6.73. The number of nitrogens with one attached hydrogen (secondary N) is 2. The maximum Gasteiger partial charge on any atom is 0.255 e. The normalized spacial score (nSPS) is 9.76. The first-order chi connectivity index (χ1) is 10.1. The zero-order valence-corrected chi connectivity index (χ0v) is 12.1. The second-order valence-corrected chi connectivity index (χ2v) is 4.69. The van der Waals surface area contributed by atoms with Crippen molar-refractivity contribution in [3.63, 3.8) is 0 Å². The lowest BCUT2D eigenvalue weighted by Crippen LogP contribution is -2.12. The first-order valence-corrected chi connectivity index (χ1v) is 6.63. The van der Waals surface area contributed by atoms with Crippen LogP contribution in [0.2, 0.25) is 5.15 Å². The zero-order valence-electron chi connectivity index (χ0n) is 11.4. The first-order valence-electron chi connectivity index (χ1n) is 6.25. The van der Waals surface area contributed by atoms with Gasteiger partial charge in [-0.2, -0.15) is 5.26 Å². The van der Waals surface area contributed by atoms with Gasteiger partial charge in [-0.25, -0.2) is 4.98 Å². The number of aromatic nitrogens is 1. The van der Waals surface area contributed by atoms with E-state index in [1.807, 2.05) is 0 Å². The molecule has 0 aliphatic carbocycles. The standard InChI is InChI=1S/C15H13ClN4O/c1-18-14-9-11(8-13(16)20-14)15(21)19-12-4-2-10(3-5-12)6-7-17/h2-5,8-9H,6H2,1H3,(H,18,20)(H,19,21). The highest BCUT2D eigenvalue weighted by Gasteiger charge is 2.09. The van der Waals surface area contributed by atoms with Crippen LogP contribution in [0.1, 0.15) is 15.9 Å². The van der Waals surface area contributed by atoms with Gasteiger partial charge in [0, 0.05) is 18.3 Å². The van der Waals surface area contributed by atoms with Crippen molar-refractivity contribution >= 4 is 29.0 Å². The fourth-order valence-corrected chi connectivity index (χ4v) is 1.97. The molecule has 0 saturated heterocycles. The molecule has 5 nitrogen and oxygen atoms in total. The number of carbonyl (C=O) groups is 1. The van der Waals surface area contributed by atoms with E-state index in [-0.39, 0.29) is 11.1 Å². The smallest absolute Gasteiger partial charge is 0.255 e. The number of hydrogen-bond acceptors (Lipinski definition) is 4. The van der Waals surface area contributed by atoms with Gasteiger partial charge in [0.1, 0.15) is 11.0 Å². The van der Waals surface area contributed by atoms with Crippen molar-refractivity contribution in [2.24, 2.45) is 0 Å². The summed E-state index contributed by atoms with van der Waals surface area (Å²) in [6, 6.07) is 12.3. The maximum absolute atomic E-state index is 12.2. The van der Waals surface area contributed by atoms with Crippen LogP contribution in [0.15, 0.2) is 36.4 Å². The van der Waals surface area contributed by atoms with Crippen molar-refractivity contribution in [3.05, 3.63) is 52.7 Å². The minimum atomic E-state index is -0.274. The predicted octanol–water partition coefficient (Wildman–Crippen LogP) is 3.10. The van der Waals surface area contributed by atoms with Crippen LogP contribution < -0.4 is 10.6 Å². The van der Waals surface area contributed by atoms with Crippen LogP contribution in [0, 0.1) is 11.3 Å². The lowest BCUT2D eigenvalue weighted by Gasteiger charge is -2.07. The summed E-state index contributed by atoms with van der Waals surface area (Å²) in [6.45, 7) is 0. The molecule has 0 fully saturated rings. The van der Waals surface area contributed by atoms with E-state index in [0.29, 0.717) is 23.5 Å². The zero-order chi connectivity index (χ0) is 15.2. The molecule has 1 aromatic heterocycles. The third-order valence-corrected chi connectivity index (χ3v) is 3.00.